The van der Waals surface area contributed by atoms with Crippen LogP contribution in [0.3, 0.4) is 0 Å². The number of carbonyl (C=O) groups excluding carboxylic acids is 2. The molecule has 41 heavy (non-hydrogen) atoms. The van der Waals surface area contributed by atoms with Crippen molar-refractivity contribution in [3.63, 3.8) is 0 Å². The van der Waals surface area contributed by atoms with Crippen molar-refractivity contribution in [2.24, 2.45) is 0 Å². The van der Waals surface area contributed by atoms with Crippen LogP contribution in [-0.4, -0.2) is 65.1 Å². The maximum atomic E-state index is 12.8. The molecule has 0 aliphatic heterocycles. The van der Waals surface area contributed by atoms with Crippen molar-refractivity contribution in [3.05, 3.63) is 29.8 Å². The molecule has 2 unspecified atom stereocenters. The Kier molecular flexibility index (Phi) is 12.7. The number of thiocarbonyl (C=S) groups is 1. The van der Waals surface area contributed by atoms with E-state index in [0.29, 0.717) is 6.42 Å². The van der Waals surface area contributed by atoms with Gasteiger partial charge in [-0.1, -0.05) is 65.9 Å². The van der Waals surface area contributed by atoms with Crippen molar-refractivity contribution in [1.82, 2.24) is 10.6 Å². The van der Waals surface area contributed by atoms with Crippen LogP contribution in [0, 0.1) is 0 Å². The molecule has 2 atom stereocenters. The second-order valence-electron chi connectivity index (χ2n) is 14.6. The number of ether oxygens (including phenoxy) is 2. The fourth-order valence-corrected chi connectivity index (χ4v) is 5.46. The lowest BCUT2D eigenvalue weighted by Crippen LogP contribution is -2.55. The predicted octanol–water partition coefficient (Wildman–Crippen LogP) is 6.99. The van der Waals surface area contributed by atoms with Crippen molar-refractivity contribution in [3.8, 4) is 5.75 Å². The number of carbonyl (C=O) groups is 2. The van der Waals surface area contributed by atoms with Gasteiger partial charge in [-0.05, 0) is 81.2 Å². The number of hydrogen-bond acceptors (Lipinski definition) is 7. The molecule has 0 radical (unpaired) electrons. The summed E-state index contributed by atoms with van der Waals surface area (Å²) in [6.45, 7) is 27.1. The number of methoxy groups -OCH3 is 1. The minimum atomic E-state index is -2.14. The van der Waals surface area contributed by atoms with Crippen molar-refractivity contribution >= 4 is 45.9 Å². The highest BCUT2D eigenvalue weighted by atomic mass is 32.1. The molecule has 0 saturated heterocycles. The SMILES string of the molecule is COC(=O)C(CO[Si](C)(C)C(C)(C)C)NC(=S)C(Cc1ccc(O[Si](C)(C)C(C)(C)C)cc1)NC(=O)OC(C)(C)C. The Labute approximate surface area is 255 Å². The summed E-state index contributed by atoms with van der Waals surface area (Å²) in [6.07, 6.45) is -0.223. The Morgan fingerprint density at radius 1 is 0.829 bits per heavy atom. The van der Waals surface area contributed by atoms with Gasteiger partial charge in [0.15, 0.2) is 8.32 Å². The summed E-state index contributed by atoms with van der Waals surface area (Å²) < 4.78 is 23.2. The molecular formula is C30H54N2O6SSi2. The Morgan fingerprint density at radius 3 is 1.78 bits per heavy atom. The number of benzene rings is 1. The molecule has 0 aromatic heterocycles. The highest BCUT2D eigenvalue weighted by molar-refractivity contribution is 7.80. The highest BCUT2D eigenvalue weighted by Crippen LogP contribution is 2.38. The van der Waals surface area contributed by atoms with Crippen molar-refractivity contribution < 1.29 is 27.9 Å². The van der Waals surface area contributed by atoms with E-state index in [0.717, 1.165) is 11.3 Å². The van der Waals surface area contributed by atoms with Gasteiger partial charge in [-0.3, -0.25) is 0 Å². The van der Waals surface area contributed by atoms with E-state index in [1.807, 2.05) is 24.3 Å². The molecule has 0 heterocycles. The van der Waals surface area contributed by atoms with Crippen molar-refractivity contribution in [1.29, 1.82) is 0 Å². The molecule has 0 aliphatic carbocycles. The van der Waals surface area contributed by atoms with Gasteiger partial charge in [-0.2, -0.15) is 0 Å². The average Bonchev–Trinajstić information content (AvgIpc) is 2.79. The number of hydrogen-bond donors (Lipinski definition) is 2. The molecule has 2 N–H and O–H groups in total. The maximum Gasteiger partial charge on any atom is 0.408 e. The second kappa shape index (κ2) is 14.0. The molecule has 0 saturated carbocycles. The minimum absolute atomic E-state index is 0.0323. The fraction of sp³-hybridized carbons (Fsp3) is 0.700. The first-order valence-electron chi connectivity index (χ1n) is 14.2. The number of nitrogens with one attached hydrogen (secondary N) is 2. The summed E-state index contributed by atoms with van der Waals surface area (Å²) >= 11 is 5.74. The monoisotopic (exact) mass is 626 g/mol. The third-order valence-electron chi connectivity index (χ3n) is 7.77. The van der Waals surface area contributed by atoms with Gasteiger partial charge in [0.2, 0.25) is 8.32 Å². The van der Waals surface area contributed by atoms with Crippen LogP contribution >= 0.6 is 12.2 Å². The highest BCUT2D eigenvalue weighted by Gasteiger charge is 2.40. The van der Waals surface area contributed by atoms with Crippen LogP contribution < -0.4 is 15.1 Å². The number of alkyl carbamates (subject to hydrolysis) is 1. The van der Waals surface area contributed by atoms with E-state index in [1.165, 1.54) is 7.11 Å². The van der Waals surface area contributed by atoms with Gasteiger partial charge in [0, 0.05) is 0 Å². The van der Waals surface area contributed by atoms with Gasteiger partial charge >= 0.3 is 12.1 Å². The zero-order valence-corrected chi connectivity index (χ0v) is 30.6. The largest absolute Gasteiger partial charge is 0.544 e. The molecule has 0 aliphatic rings. The van der Waals surface area contributed by atoms with Gasteiger partial charge in [0.05, 0.1) is 24.7 Å². The molecule has 11 heteroatoms. The molecule has 0 bridgehead atoms. The van der Waals surface area contributed by atoms with E-state index in [2.05, 4.69) is 78.4 Å². The Balaban J connectivity index is 3.19. The number of esters is 1. The second-order valence-corrected chi connectivity index (χ2v) is 24.5. The van der Waals surface area contributed by atoms with E-state index >= 15 is 0 Å². The molecule has 1 aromatic carbocycles. The topological polar surface area (TPSA) is 95.1 Å². The van der Waals surface area contributed by atoms with Gasteiger partial charge < -0.3 is 29.0 Å². The summed E-state index contributed by atoms with van der Waals surface area (Å²) in [4.78, 5) is 25.7. The summed E-state index contributed by atoms with van der Waals surface area (Å²) in [5.74, 6) is 0.320. The van der Waals surface area contributed by atoms with Gasteiger partial charge in [0.25, 0.3) is 0 Å². The molecule has 0 spiro atoms. The number of rotatable bonds is 11. The predicted molar refractivity (Wildman–Crippen MR) is 176 cm³/mol. The van der Waals surface area contributed by atoms with Crippen LogP contribution in [0.2, 0.25) is 36.3 Å². The van der Waals surface area contributed by atoms with E-state index < -0.39 is 46.4 Å². The number of amides is 1. The van der Waals surface area contributed by atoms with Crippen LogP contribution in [0.25, 0.3) is 0 Å². The minimum Gasteiger partial charge on any atom is -0.544 e. The smallest absolute Gasteiger partial charge is 0.408 e. The van der Waals surface area contributed by atoms with Gasteiger partial charge in [0.1, 0.15) is 17.4 Å². The zero-order valence-electron chi connectivity index (χ0n) is 27.7. The van der Waals surface area contributed by atoms with E-state index in [4.69, 9.17) is 30.5 Å². The molecule has 8 nitrogen and oxygen atoms in total. The molecule has 0 fully saturated rings. The summed E-state index contributed by atoms with van der Waals surface area (Å²) in [5.41, 5.74) is 0.253. The standard InChI is InChI=1S/C30H54N2O6SSi2/c1-28(2,3)37-27(34)32-23(19-21-15-17-22(18-16-21)38-41(13,14)30(7,8)9)25(39)31-24(26(33)35-10)20-36-40(11,12)29(4,5)6/h15-18,23-24H,19-20H2,1-14H3,(H,31,39)(H,32,34). The lowest BCUT2D eigenvalue weighted by atomic mass is 10.1. The van der Waals surface area contributed by atoms with Gasteiger partial charge in [-0.15, -0.1) is 0 Å². The van der Waals surface area contributed by atoms with Crippen LogP contribution in [-0.2, 0) is 25.1 Å². The Hall–Kier alpha value is -1.96. The quantitative estimate of drug-likeness (QED) is 0.154. The molecule has 234 valence electrons. The fourth-order valence-electron chi connectivity index (χ4n) is 3.13. The Bertz CT molecular complexity index is 1040. The van der Waals surface area contributed by atoms with Crippen molar-refractivity contribution in [2.45, 2.75) is 123 Å². The van der Waals surface area contributed by atoms with E-state index in [9.17, 15) is 9.59 Å². The van der Waals surface area contributed by atoms with Crippen LogP contribution in [0.15, 0.2) is 24.3 Å². The zero-order chi connectivity index (χ0) is 32.0. The normalized spacial score (nSPS) is 14.5. The first-order chi connectivity index (χ1) is 18.4. The first-order valence-corrected chi connectivity index (χ1v) is 20.4. The molecule has 1 amide bonds. The van der Waals surface area contributed by atoms with E-state index in [1.54, 1.807) is 20.8 Å². The van der Waals surface area contributed by atoms with Crippen LogP contribution in [0.5, 0.6) is 5.75 Å². The first kappa shape index (κ1) is 37.1. The third-order valence-corrected chi connectivity index (χ3v) is 17.0. The van der Waals surface area contributed by atoms with Crippen LogP contribution in [0.1, 0.15) is 67.9 Å². The van der Waals surface area contributed by atoms with Crippen molar-refractivity contribution in [2.75, 3.05) is 13.7 Å². The Morgan fingerprint density at radius 2 is 1.34 bits per heavy atom. The molecular weight excluding hydrogens is 573 g/mol. The molecule has 1 aromatic rings. The van der Waals surface area contributed by atoms with E-state index in [-0.39, 0.29) is 21.7 Å². The molecule has 1 rings (SSSR count). The lowest BCUT2D eigenvalue weighted by Gasteiger charge is -2.37. The average molecular weight is 627 g/mol. The lowest BCUT2D eigenvalue weighted by molar-refractivity contribution is -0.143. The third kappa shape index (κ3) is 12.1. The van der Waals surface area contributed by atoms with Crippen LogP contribution in [0.4, 0.5) is 4.79 Å². The summed E-state index contributed by atoms with van der Waals surface area (Å²) in [6, 6.07) is 6.35. The summed E-state index contributed by atoms with van der Waals surface area (Å²) in [5, 5.41) is 6.03. The van der Waals surface area contributed by atoms with Gasteiger partial charge in [-0.25, -0.2) is 9.59 Å². The maximum absolute atomic E-state index is 12.8. The summed E-state index contributed by atoms with van der Waals surface area (Å²) in [7, 11) is -2.79.